The van der Waals surface area contributed by atoms with Crippen molar-refractivity contribution in [2.75, 3.05) is 18.4 Å². The molecule has 0 saturated carbocycles. The summed E-state index contributed by atoms with van der Waals surface area (Å²) in [6.07, 6.45) is 4.49. The van der Waals surface area contributed by atoms with Crippen LogP contribution >= 0.6 is 22.9 Å². The summed E-state index contributed by atoms with van der Waals surface area (Å²) < 4.78 is 0. The zero-order chi connectivity index (χ0) is 22.1. The van der Waals surface area contributed by atoms with Gasteiger partial charge < -0.3 is 10.3 Å². The lowest BCUT2D eigenvalue weighted by Gasteiger charge is -2.39. The van der Waals surface area contributed by atoms with Crippen LogP contribution in [0.3, 0.4) is 0 Å². The molecule has 4 aromatic rings. The quantitative estimate of drug-likeness (QED) is 0.419. The van der Waals surface area contributed by atoms with E-state index in [0.717, 1.165) is 39.3 Å². The van der Waals surface area contributed by atoms with Gasteiger partial charge in [-0.25, -0.2) is 4.98 Å². The Balaban J connectivity index is 1.63. The number of carbonyl (C=O) groups is 1. The van der Waals surface area contributed by atoms with E-state index in [0.29, 0.717) is 5.82 Å². The number of hydrogen-bond acceptors (Lipinski definition) is 6. The number of nitrogens with one attached hydrogen (secondary N) is 2. The molecule has 3 aromatic heterocycles. The van der Waals surface area contributed by atoms with Crippen molar-refractivity contribution in [3.05, 3.63) is 71.1 Å². The smallest absolute Gasteiger partial charge is 0.222 e. The highest BCUT2D eigenvalue weighted by atomic mass is 35.5. The number of hydrogen-bond donors (Lipinski definition) is 2. The summed E-state index contributed by atoms with van der Waals surface area (Å²) in [4.78, 5) is 23.5. The Labute approximate surface area is 194 Å². The molecule has 162 valence electrons. The van der Waals surface area contributed by atoms with Crippen LogP contribution in [0.5, 0.6) is 0 Å². The Kier molecular flexibility index (Phi) is 5.73. The van der Waals surface area contributed by atoms with Crippen molar-refractivity contribution in [3.63, 3.8) is 0 Å². The molecule has 1 fully saturated rings. The second-order valence-corrected chi connectivity index (χ2v) is 9.18. The van der Waals surface area contributed by atoms with E-state index in [4.69, 9.17) is 11.6 Å². The average Bonchev–Trinajstić information content (AvgIpc) is 3.41. The van der Waals surface area contributed by atoms with Gasteiger partial charge in [-0.15, -0.1) is 21.5 Å². The predicted molar refractivity (Wildman–Crippen MR) is 127 cm³/mol. The monoisotopic (exact) mass is 464 g/mol. The third-order valence-electron chi connectivity index (χ3n) is 5.48. The zero-order valence-electron chi connectivity index (χ0n) is 17.4. The lowest BCUT2D eigenvalue weighted by molar-refractivity contribution is -0.114. The molecule has 1 amide bonds. The largest absolute Gasteiger partial charge is 0.327 e. The first-order valence-electron chi connectivity index (χ1n) is 10.3. The van der Waals surface area contributed by atoms with Crippen LogP contribution in [0.25, 0.3) is 21.1 Å². The molecule has 0 unspecified atom stereocenters. The lowest BCUT2D eigenvalue weighted by atomic mass is 9.94. The van der Waals surface area contributed by atoms with Crippen LogP contribution < -0.4 is 5.32 Å². The second-order valence-electron chi connectivity index (χ2n) is 7.69. The number of amides is 1. The first-order chi connectivity index (χ1) is 15.6. The van der Waals surface area contributed by atoms with E-state index < -0.39 is 0 Å². The molecule has 1 atom stereocenters. The van der Waals surface area contributed by atoms with Crippen LogP contribution in [0, 0.1) is 0 Å². The first-order valence-corrected chi connectivity index (χ1v) is 11.5. The first kappa shape index (κ1) is 20.8. The molecule has 0 spiro atoms. The van der Waals surface area contributed by atoms with Gasteiger partial charge in [0, 0.05) is 36.1 Å². The van der Waals surface area contributed by atoms with Crippen LogP contribution in [-0.2, 0) is 4.79 Å². The minimum absolute atomic E-state index is 0.0859. The van der Waals surface area contributed by atoms with E-state index in [1.165, 1.54) is 24.5 Å². The van der Waals surface area contributed by atoms with Gasteiger partial charge in [0.05, 0.1) is 10.9 Å². The maximum atomic E-state index is 11.5. The molecule has 0 aliphatic carbocycles. The second kappa shape index (κ2) is 8.82. The van der Waals surface area contributed by atoms with E-state index >= 15 is 0 Å². The third kappa shape index (κ3) is 4.17. The number of anilines is 1. The number of benzene rings is 1. The van der Waals surface area contributed by atoms with Gasteiger partial charge in [0.25, 0.3) is 0 Å². The van der Waals surface area contributed by atoms with Gasteiger partial charge >= 0.3 is 0 Å². The number of likely N-dealkylation sites (tertiary alicyclic amines) is 1. The molecule has 7 nitrogen and oxygen atoms in total. The van der Waals surface area contributed by atoms with Gasteiger partial charge in [0.15, 0.2) is 5.82 Å². The standard InChI is InChI=1S/C23H21ClN6OS/c1-14(31)28-20-11-16(7-8-25-20)19-12-18(22(32-19)23-26-13-27-29-23)21(30-9-2-10-30)15-3-5-17(24)6-4-15/h3-8,11-13,21H,2,9-10H2,1H3,(H,25,28,31)(H,26,27,29)/t21-/m0/s1. The van der Waals surface area contributed by atoms with Gasteiger partial charge in [-0.1, -0.05) is 23.7 Å². The van der Waals surface area contributed by atoms with Gasteiger partial charge in [-0.2, -0.15) is 0 Å². The fourth-order valence-electron chi connectivity index (χ4n) is 3.92. The minimum Gasteiger partial charge on any atom is -0.327 e. The van der Waals surface area contributed by atoms with Crippen molar-refractivity contribution < 1.29 is 4.79 Å². The van der Waals surface area contributed by atoms with Crippen LogP contribution in [0.2, 0.25) is 5.02 Å². The molecule has 5 rings (SSSR count). The van der Waals surface area contributed by atoms with Gasteiger partial charge in [0.1, 0.15) is 12.1 Å². The van der Waals surface area contributed by atoms with Gasteiger partial charge in [-0.05, 0) is 53.4 Å². The Hall–Kier alpha value is -3.07. The fraction of sp³-hybridized carbons (Fsp3) is 0.217. The number of aromatic nitrogens is 4. The van der Waals surface area contributed by atoms with Crippen molar-refractivity contribution in [2.45, 2.75) is 19.4 Å². The van der Waals surface area contributed by atoms with E-state index in [9.17, 15) is 4.79 Å². The molecule has 9 heteroatoms. The zero-order valence-corrected chi connectivity index (χ0v) is 19.0. The maximum Gasteiger partial charge on any atom is 0.222 e. The summed E-state index contributed by atoms with van der Waals surface area (Å²) in [5.74, 6) is 1.12. The minimum atomic E-state index is -0.149. The Bertz CT molecular complexity index is 1230. The summed E-state index contributed by atoms with van der Waals surface area (Å²) >= 11 is 7.82. The van der Waals surface area contributed by atoms with Crippen LogP contribution in [0.4, 0.5) is 5.82 Å². The number of carbonyl (C=O) groups excluding carboxylic acids is 1. The highest BCUT2D eigenvalue weighted by molar-refractivity contribution is 7.19. The van der Waals surface area contributed by atoms with Crippen LogP contribution in [-0.4, -0.2) is 44.1 Å². The molecule has 1 aliphatic heterocycles. The molecule has 4 heterocycles. The Morgan fingerprint density at radius 1 is 1.22 bits per heavy atom. The molecule has 2 N–H and O–H groups in total. The molecule has 1 aromatic carbocycles. The van der Waals surface area contributed by atoms with E-state index in [1.54, 1.807) is 23.9 Å². The van der Waals surface area contributed by atoms with Crippen molar-refractivity contribution in [2.24, 2.45) is 0 Å². The fourth-order valence-corrected chi connectivity index (χ4v) is 5.18. The van der Waals surface area contributed by atoms with Crippen LogP contribution in [0.1, 0.15) is 30.5 Å². The third-order valence-corrected chi connectivity index (χ3v) is 6.94. The normalized spacial score (nSPS) is 14.7. The average molecular weight is 465 g/mol. The molecule has 32 heavy (non-hydrogen) atoms. The van der Waals surface area contributed by atoms with E-state index in [2.05, 4.69) is 48.6 Å². The SMILES string of the molecule is CC(=O)Nc1cc(-c2cc([C@H](c3ccc(Cl)cc3)N3CCC3)c(-c3nnc[nH]3)s2)ccn1. The topological polar surface area (TPSA) is 86.8 Å². The van der Waals surface area contributed by atoms with E-state index in [1.807, 2.05) is 24.3 Å². The highest BCUT2D eigenvalue weighted by Gasteiger charge is 2.31. The summed E-state index contributed by atoms with van der Waals surface area (Å²) in [5.41, 5.74) is 3.34. The van der Waals surface area contributed by atoms with Crippen molar-refractivity contribution >= 4 is 34.7 Å². The van der Waals surface area contributed by atoms with Crippen LogP contribution in [0.15, 0.2) is 55.0 Å². The maximum absolute atomic E-state index is 11.5. The highest BCUT2D eigenvalue weighted by Crippen LogP contribution is 2.44. The summed E-state index contributed by atoms with van der Waals surface area (Å²) in [5, 5.41) is 11.8. The Morgan fingerprint density at radius 3 is 2.69 bits per heavy atom. The van der Waals surface area contributed by atoms with E-state index in [-0.39, 0.29) is 11.9 Å². The number of thiophene rings is 1. The molecular formula is C23H21ClN6OS. The molecular weight excluding hydrogens is 444 g/mol. The Morgan fingerprint density at radius 2 is 2.03 bits per heavy atom. The van der Waals surface area contributed by atoms with Gasteiger partial charge in [0.2, 0.25) is 5.91 Å². The number of nitrogens with zero attached hydrogens (tertiary/aromatic N) is 4. The van der Waals surface area contributed by atoms with Crippen molar-refractivity contribution in [1.82, 2.24) is 25.1 Å². The number of halogens is 1. The predicted octanol–water partition coefficient (Wildman–Crippen LogP) is 5.00. The van der Waals surface area contributed by atoms with Crippen molar-refractivity contribution in [3.8, 4) is 21.1 Å². The summed E-state index contributed by atoms with van der Waals surface area (Å²) in [6, 6.07) is 14.2. The van der Waals surface area contributed by atoms with Gasteiger partial charge in [-0.3, -0.25) is 9.69 Å². The molecule has 1 saturated heterocycles. The lowest BCUT2D eigenvalue weighted by Crippen LogP contribution is -2.40. The summed E-state index contributed by atoms with van der Waals surface area (Å²) in [7, 11) is 0. The molecule has 0 radical (unpaired) electrons. The molecule has 1 aliphatic rings. The van der Waals surface area contributed by atoms with Crippen molar-refractivity contribution in [1.29, 1.82) is 0 Å². The number of pyridine rings is 1. The molecule has 0 bridgehead atoms. The number of H-pyrrole nitrogens is 1. The number of rotatable bonds is 6. The summed E-state index contributed by atoms with van der Waals surface area (Å²) in [6.45, 7) is 3.55. The number of aromatic amines is 1.